The minimum absolute atomic E-state index is 0.217. The molecule has 0 fully saturated rings. The molecule has 0 bridgehead atoms. The third-order valence-corrected chi connectivity index (χ3v) is 5.42. The first kappa shape index (κ1) is 23.1. The van der Waals surface area contributed by atoms with E-state index in [0.29, 0.717) is 24.1 Å². The van der Waals surface area contributed by atoms with Crippen molar-refractivity contribution in [2.75, 3.05) is 34.4 Å². The van der Waals surface area contributed by atoms with Crippen LogP contribution in [0.1, 0.15) is 25.1 Å². The molecule has 3 aromatic rings. The molecule has 1 aromatic carbocycles. The molecule has 7 nitrogen and oxygen atoms in total. The number of pyridine rings is 1. The van der Waals surface area contributed by atoms with Crippen LogP contribution in [0.15, 0.2) is 48.8 Å². The molecule has 0 aliphatic rings. The third kappa shape index (κ3) is 6.19. The highest BCUT2D eigenvalue weighted by Gasteiger charge is 2.14. The lowest BCUT2D eigenvalue weighted by atomic mass is 10.2. The van der Waals surface area contributed by atoms with E-state index in [-0.39, 0.29) is 6.61 Å². The summed E-state index contributed by atoms with van der Waals surface area (Å²) in [5.74, 6) is 1.31. The fourth-order valence-corrected chi connectivity index (χ4v) is 3.46. The van der Waals surface area contributed by atoms with E-state index in [2.05, 4.69) is 40.1 Å². The molecule has 3 rings (SSSR count). The molecule has 0 radical (unpaired) electrons. The molecule has 0 spiro atoms. The van der Waals surface area contributed by atoms with Crippen LogP contribution in [0, 0.1) is 0 Å². The molecule has 168 valence electrons. The summed E-state index contributed by atoms with van der Waals surface area (Å²) >= 11 is 0. The number of benzene rings is 1. The van der Waals surface area contributed by atoms with Gasteiger partial charge in [-0.15, -0.1) is 0 Å². The van der Waals surface area contributed by atoms with Crippen molar-refractivity contribution in [3.05, 3.63) is 60.0 Å². The third-order valence-electron chi connectivity index (χ3n) is 5.42. The molecule has 0 aliphatic carbocycles. The number of nitrogens with zero attached hydrogens (tertiary/aromatic N) is 4. The van der Waals surface area contributed by atoms with Gasteiger partial charge in [-0.05, 0) is 57.8 Å². The van der Waals surface area contributed by atoms with Gasteiger partial charge in [0.2, 0.25) is 0 Å². The van der Waals surface area contributed by atoms with Crippen molar-refractivity contribution in [3.8, 4) is 11.5 Å². The Morgan fingerprint density at radius 3 is 2.65 bits per heavy atom. The molecule has 1 N–H and O–H groups in total. The van der Waals surface area contributed by atoms with Crippen LogP contribution in [0.25, 0.3) is 5.65 Å². The van der Waals surface area contributed by atoms with Crippen molar-refractivity contribution < 1.29 is 14.6 Å². The van der Waals surface area contributed by atoms with Gasteiger partial charge in [0.1, 0.15) is 18.4 Å². The molecule has 0 aliphatic heterocycles. The van der Waals surface area contributed by atoms with Crippen molar-refractivity contribution in [3.63, 3.8) is 0 Å². The van der Waals surface area contributed by atoms with Gasteiger partial charge in [0, 0.05) is 31.9 Å². The van der Waals surface area contributed by atoms with Crippen LogP contribution in [-0.2, 0) is 13.1 Å². The van der Waals surface area contributed by atoms with Crippen molar-refractivity contribution in [2.24, 2.45) is 0 Å². The van der Waals surface area contributed by atoms with Crippen molar-refractivity contribution >= 4 is 5.65 Å². The van der Waals surface area contributed by atoms with Gasteiger partial charge in [0.15, 0.2) is 11.5 Å². The van der Waals surface area contributed by atoms with E-state index in [1.807, 2.05) is 55.8 Å². The Morgan fingerprint density at radius 2 is 1.90 bits per heavy atom. The largest absolute Gasteiger partial charge is 0.493 e. The summed E-state index contributed by atoms with van der Waals surface area (Å²) in [6.45, 7) is 6.50. The molecule has 0 saturated heterocycles. The lowest BCUT2D eigenvalue weighted by Crippen LogP contribution is -2.37. The zero-order chi connectivity index (χ0) is 22.4. The lowest BCUT2D eigenvalue weighted by Gasteiger charge is -2.24. The molecule has 2 heterocycles. The van der Waals surface area contributed by atoms with E-state index in [1.54, 1.807) is 7.11 Å². The smallest absolute Gasteiger partial charge is 0.161 e. The van der Waals surface area contributed by atoms with Crippen molar-refractivity contribution in [1.82, 2.24) is 19.2 Å². The highest BCUT2D eigenvalue weighted by Crippen LogP contribution is 2.29. The number of methoxy groups -OCH3 is 1. The number of ether oxygens (including phenoxy) is 2. The Balaban J connectivity index is 1.62. The molecule has 2 aromatic heterocycles. The Hall–Kier alpha value is -2.61. The van der Waals surface area contributed by atoms with E-state index in [0.717, 1.165) is 30.0 Å². The standard InChI is InChI=1S/C24H34N4O3/c1-18(2)27(4)16-21(29)17-31-23-12-19(9-10-22(23)30-5)14-26(3)15-20-13-25-24-8-6-7-11-28(20)24/h6-13,18,21,29H,14-17H2,1-5H3. The SMILES string of the molecule is COc1ccc(CN(C)Cc2cnc3ccccn23)cc1OCC(O)CN(C)C(C)C. The normalized spacial score (nSPS) is 12.8. The zero-order valence-corrected chi connectivity index (χ0v) is 19.2. The average molecular weight is 427 g/mol. The highest BCUT2D eigenvalue weighted by atomic mass is 16.5. The number of imidazole rings is 1. The summed E-state index contributed by atoms with van der Waals surface area (Å²) in [6, 6.07) is 12.3. The number of likely N-dealkylation sites (N-methyl/N-ethyl adjacent to an activating group) is 1. The lowest BCUT2D eigenvalue weighted by molar-refractivity contribution is 0.0668. The van der Waals surface area contributed by atoms with Gasteiger partial charge in [-0.25, -0.2) is 4.98 Å². The van der Waals surface area contributed by atoms with Gasteiger partial charge in [0.25, 0.3) is 0 Å². The topological polar surface area (TPSA) is 62.5 Å². The molecule has 7 heteroatoms. The van der Waals surface area contributed by atoms with Crippen molar-refractivity contribution in [2.45, 2.75) is 39.1 Å². The summed E-state index contributed by atoms with van der Waals surface area (Å²) in [5.41, 5.74) is 3.20. The number of fused-ring (bicyclic) bond motifs is 1. The Bertz CT molecular complexity index is 972. The number of rotatable bonds is 11. The quantitative estimate of drug-likeness (QED) is 0.509. The molecular formula is C24H34N4O3. The van der Waals surface area contributed by atoms with Crippen LogP contribution < -0.4 is 9.47 Å². The Morgan fingerprint density at radius 1 is 1.10 bits per heavy atom. The number of hydrogen-bond donors (Lipinski definition) is 1. The first-order chi connectivity index (χ1) is 14.9. The average Bonchev–Trinajstić information content (AvgIpc) is 3.15. The molecule has 0 saturated carbocycles. The summed E-state index contributed by atoms with van der Waals surface area (Å²) in [4.78, 5) is 8.78. The molecule has 1 unspecified atom stereocenters. The van der Waals surface area contributed by atoms with Gasteiger partial charge < -0.3 is 23.9 Å². The Kier molecular flexibility index (Phi) is 7.90. The van der Waals surface area contributed by atoms with Crippen LogP contribution in [0.2, 0.25) is 0 Å². The van der Waals surface area contributed by atoms with Gasteiger partial charge >= 0.3 is 0 Å². The highest BCUT2D eigenvalue weighted by molar-refractivity contribution is 5.43. The fourth-order valence-electron chi connectivity index (χ4n) is 3.46. The molecule has 31 heavy (non-hydrogen) atoms. The first-order valence-electron chi connectivity index (χ1n) is 10.6. The van der Waals surface area contributed by atoms with Crippen LogP contribution in [0.4, 0.5) is 0 Å². The van der Waals surface area contributed by atoms with Crippen LogP contribution in [-0.4, -0.2) is 70.8 Å². The second-order valence-electron chi connectivity index (χ2n) is 8.33. The van der Waals surface area contributed by atoms with Crippen LogP contribution in [0.5, 0.6) is 11.5 Å². The van der Waals surface area contributed by atoms with Gasteiger partial charge in [-0.3, -0.25) is 4.90 Å². The van der Waals surface area contributed by atoms with E-state index in [9.17, 15) is 5.11 Å². The summed E-state index contributed by atoms with van der Waals surface area (Å²) in [5, 5.41) is 10.3. The van der Waals surface area contributed by atoms with Crippen molar-refractivity contribution in [1.29, 1.82) is 0 Å². The molecule has 1 atom stereocenters. The van der Waals surface area contributed by atoms with Gasteiger partial charge in [0.05, 0.1) is 19.0 Å². The van der Waals surface area contributed by atoms with E-state index < -0.39 is 6.10 Å². The summed E-state index contributed by atoms with van der Waals surface area (Å²) in [7, 11) is 5.70. The Labute approximate surface area is 184 Å². The molecular weight excluding hydrogens is 392 g/mol. The predicted molar refractivity (Wildman–Crippen MR) is 123 cm³/mol. The number of hydrogen-bond acceptors (Lipinski definition) is 6. The fraction of sp³-hybridized carbons (Fsp3) is 0.458. The van der Waals surface area contributed by atoms with Gasteiger partial charge in [-0.2, -0.15) is 0 Å². The van der Waals surface area contributed by atoms with E-state index in [4.69, 9.17) is 9.47 Å². The number of aliphatic hydroxyl groups excluding tert-OH is 1. The van der Waals surface area contributed by atoms with Crippen LogP contribution in [0.3, 0.4) is 0 Å². The van der Waals surface area contributed by atoms with E-state index in [1.165, 1.54) is 0 Å². The maximum atomic E-state index is 10.3. The van der Waals surface area contributed by atoms with Gasteiger partial charge in [-0.1, -0.05) is 12.1 Å². The maximum Gasteiger partial charge on any atom is 0.161 e. The monoisotopic (exact) mass is 426 g/mol. The second-order valence-corrected chi connectivity index (χ2v) is 8.33. The van der Waals surface area contributed by atoms with E-state index >= 15 is 0 Å². The molecule has 0 amide bonds. The predicted octanol–water partition coefficient (Wildman–Crippen LogP) is 3.05. The summed E-state index contributed by atoms with van der Waals surface area (Å²) in [6.07, 6.45) is 3.38. The maximum absolute atomic E-state index is 10.3. The zero-order valence-electron chi connectivity index (χ0n) is 19.2. The summed E-state index contributed by atoms with van der Waals surface area (Å²) < 4.78 is 13.5. The number of aromatic nitrogens is 2. The van der Waals surface area contributed by atoms with Crippen LogP contribution >= 0.6 is 0 Å². The first-order valence-corrected chi connectivity index (χ1v) is 10.6. The second kappa shape index (κ2) is 10.6. The minimum atomic E-state index is -0.571. The number of aliphatic hydroxyl groups is 1. The minimum Gasteiger partial charge on any atom is -0.493 e.